The lowest BCUT2D eigenvalue weighted by Crippen LogP contribution is -2.25. The Hall–Kier alpha value is -2.47. The molecule has 0 bridgehead atoms. The number of anilines is 1. The van der Waals surface area contributed by atoms with Gasteiger partial charge in [0.1, 0.15) is 0 Å². The van der Waals surface area contributed by atoms with E-state index in [0.29, 0.717) is 15.1 Å². The smallest absolute Gasteiger partial charge is 0.259 e. The molecule has 0 aliphatic rings. The van der Waals surface area contributed by atoms with E-state index in [4.69, 9.17) is 34.8 Å². The van der Waals surface area contributed by atoms with Gasteiger partial charge in [-0.15, -0.1) is 0 Å². The first-order chi connectivity index (χ1) is 13.8. The number of hydrogen-bond donors (Lipinski definition) is 2. The van der Waals surface area contributed by atoms with Crippen LogP contribution in [0.1, 0.15) is 17.0 Å². The second-order valence-electron chi connectivity index (χ2n) is 6.41. The van der Waals surface area contributed by atoms with Gasteiger partial charge in [-0.1, -0.05) is 34.8 Å². The monoisotopic (exact) mass is 448 g/mol. The van der Waals surface area contributed by atoms with Gasteiger partial charge in [0.15, 0.2) is 0 Å². The molecule has 0 saturated carbocycles. The maximum atomic E-state index is 12.0. The molecular weight excluding hydrogens is 431 g/mol. The van der Waals surface area contributed by atoms with Crippen LogP contribution in [0.15, 0.2) is 53.6 Å². The highest BCUT2D eigenvalue weighted by atomic mass is 35.5. The number of halogens is 3. The standard InChI is InChI=1S/C21H19Cl3N4O/c1-13-9-15(14(2)28(13)18-7-8-19(23)20(24)10-18)11-26-27-21(29)12-25-17-5-3-16(22)4-6-17/h3-11,25H,12H2,1-2H3,(H,27,29)/b26-11-. The SMILES string of the molecule is Cc1cc(/C=N\NC(=O)CNc2ccc(Cl)cc2)c(C)n1-c1ccc(Cl)c(Cl)c1. The lowest BCUT2D eigenvalue weighted by molar-refractivity contribution is -0.119. The van der Waals surface area contributed by atoms with E-state index in [2.05, 4.69) is 15.8 Å². The van der Waals surface area contributed by atoms with Crippen LogP contribution in [0, 0.1) is 13.8 Å². The number of hydrogen-bond acceptors (Lipinski definition) is 3. The number of benzene rings is 2. The Labute approximate surface area is 184 Å². The fraction of sp³-hybridized carbons (Fsp3) is 0.143. The number of hydrazone groups is 1. The number of aromatic nitrogens is 1. The zero-order chi connectivity index (χ0) is 21.0. The van der Waals surface area contributed by atoms with Gasteiger partial charge in [0.25, 0.3) is 5.91 Å². The maximum absolute atomic E-state index is 12.0. The van der Waals surface area contributed by atoms with Crippen molar-refractivity contribution in [3.8, 4) is 5.69 Å². The first-order valence-corrected chi connectivity index (χ1v) is 9.94. The zero-order valence-corrected chi connectivity index (χ0v) is 18.1. The van der Waals surface area contributed by atoms with Crippen LogP contribution in [0.2, 0.25) is 15.1 Å². The summed E-state index contributed by atoms with van der Waals surface area (Å²) in [6.07, 6.45) is 1.62. The summed E-state index contributed by atoms with van der Waals surface area (Å²) in [5, 5.41) is 8.71. The number of aryl methyl sites for hydroxylation is 1. The number of carbonyl (C=O) groups is 1. The molecule has 0 unspecified atom stereocenters. The molecule has 0 aliphatic carbocycles. The van der Waals surface area contributed by atoms with Crippen molar-refractivity contribution in [1.29, 1.82) is 0 Å². The summed E-state index contributed by atoms with van der Waals surface area (Å²) in [4.78, 5) is 12.0. The van der Waals surface area contributed by atoms with E-state index in [-0.39, 0.29) is 12.5 Å². The summed E-state index contributed by atoms with van der Waals surface area (Å²) in [5.74, 6) is -0.255. The van der Waals surface area contributed by atoms with Crippen molar-refractivity contribution in [2.45, 2.75) is 13.8 Å². The molecule has 0 aliphatic heterocycles. The molecule has 150 valence electrons. The van der Waals surface area contributed by atoms with E-state index >= 15 is 0 Å². The first-order valence-electron chi connectivity index (χ1n) is 8.81. The molecule has 3 rings (SSSR count). The van der Waals surface area contributed by atoms with Crippen molar-refractivity contribution >= 4 is 52.6 Å². The second kappa shape index (κ2) is 9.35. The average Bonchev–Trinajstić information content (AvgIpc) is 2.97. The third-order valence-corrected chi connectivity index (χ3v) is 5.31. The van der Waals surface area contributed by atoms with Crippen molar-refractivity contribution < 1.29 is 4.79 Å². The molecule has 1 aromatic heterocycles. The summed E-state index contributed by atoms with van der Waals surface area (Å²) in [6, 6.07) is 14.6. The molecule has 2 aromatic carbocycles. The molecule has 5 nitrogen and oxygen atoms in total. The highest BCUT2D eigenvalue weighted by Gasteiger charge is 2.11. The minimum absolute atomic E-state index is 0.0985. The minimum atomic E-state index is -0.255. The Bertz CT molecular complexity index is 1060. The van der Waals surface area contributed by atoms with Gasteiger partial charge < -0.3 is 9.88 Å². The van der Waals surface area contributed by atoms with Crippen LogP contribution >= 0.6 is 34.8 Å². The van der Waals surface area contributed by atoms with Gasteiger partial charge in [-0.2, -0.15) is 5.10 Å². The van der Waals surface area contributed by atoms with Gasteiger partial charge in [0.05, 0.1) is 22.8 Å². The summed E-state index contributed by atoms with van der Waals surface area (Å²) < 4.78 is 2.05. The maximum Gasteiger partial charge on any atom is 0.259 e. The van der Waals surface area contributed by atoms with E-state index in [9.17, 15) is 4.79 Å². The molecule has 0 spiro atoms. The third-order valence-electron chi connectivity index (χ3n) is 4.32. The predicted octanol–water partition coefficient (Wildman–Crippen LogP) is 5.62. The van der Waals surface area contributed by atoms with Gasteiger partial charge in [-0.3, -0.25) is 4.79 Å². The molecule has 1 heterocycles. The van der Waals surface area contributed by atoms with E-state index in [0.717, 1.165) is 28.3 Å². The van der Waals surface area contributed by atoms with Crippen LogP contribution < -0.4 is 10.7 Å². The van der Waals surface area contributed by atoms with Crippen LogP contribution in [0.4, 0.5) is 5.69 Å². The van der Waals surface area contributed by atoms with Crippen molar-refractivity contribution in [2.75, 3.05) is 11.9 Å². The number of carbonyl (C=O) groups excluding carboxylic acids is 1. The molecule has 0 atom stereocenters. The second-order valence-corrected chi connectivity index (χ2v) is 7.66. The summed E-state index contributed by atoms with van der Waals surface area (Å²) >= 11 is 18.0. The summed E-state index contributed by atoms with van der Waals surface area (Å²) in [5.41, 5.74) is 7.10. The molecule has 3 aromatic rings. The number of amides is 1. The molecule has 8 heteroatoms. The lowest BCUT2D eigenvalue weighted by Gasteiger charge is -2.10. The van der Waals surface area contributed by atoms with Crippen LogP contribution in [-0.4, -0.2) is 23.2 Å². The van der Waals surface area contributed by atoms with Crippen molar-refractivity contribution in [3.63, 3.8) is 0 Å². The average molecular weight is 450 g/mol. The Kier molecular flexibility index (Phi) is 6.85. The van der Waals surface area contributed by atoms with E-state index in [1.54, 1.807) is 36.5 Å². The molecular formula is C21H19Cl3N4O. The lowest BCUT2D eigenvalue weighted by atomic mass is 10.2. The van der Waals surface area contributed by atoms with Crippen molar-refractivity contribution in [3.05, 3.63) is 80.6 Å². The van der Waals surface area contributed by atoms with E-state index < -0.39 is 0 Å². The van der Waals surface area contributed by atoms with Crippen LogP contribution in [0.3, 0.4) is 0 Å². The molecule has 0 saturated heterocycles. The van der Waals surface area contributed by atoms with E-state index in [1.807, 2.05) is 36.6 Å². The van der Waals surface area contributed by atoms with Gasteiger partial charge in [0, 0.05) is 33.3 Å². The first kappa shape index (κ1) is 21.2. The zero-order valence-electron chi connectivity index (χ0n) is 15.8. The number of nitrogens with one attached hydrogen (secondary N) is 2. The number of rotatable bonds is 6. The van der Waals surface area contributed by atoms with Gasteiger partial charge in [-0.25, -0.2) is 5.43 Å². The normalized spacial score (nSPS) is 11.1. The Morgan fingerprint density at radius 2 is 1.76 bits per heavy atom. The van der Waals surface area contributed by atoms with Crippen LogP contribution in [-0.2, 0) is 4.79 Å². The quantitative estimate of drug-likeness (QED) is 0.379. The van der Waals surface area contributed by atoms with Gasteiger partial charge in [0.2, 0.25) is 0 Å². The Morgan fingerprint density at radius 1 is 1.03 bits per heavy atom. The highest BCUT2D eigenvalue weighted by Crippen LogP contribution is 2.27. The summed E-state index contributed by atoms with van der Waals surface area (Å²) in [6.45, 7) is 4.06. The summed E-state index contributed by atoms with van der Waals surface area (Å²) in [7, 11) is 0. The highest BCUT2D eigenvalue weighted by molar-refractivity contribution is 6.42. The van der Waals surface area contributed by atoms with Gasteiger partial charge >= 0.3 is 0 Å². The Morgan fingerprint density at radius 3 is 2.45 bits per heavy atom. The van der Waals surface area contributed by atoms with E-state index in [1.165, 1.54) is 0 Å². The molecule has 0 fully saturated rings. The van der Waals surface area contributed by atoms with Crippen LogP contribution in [0.25, 0.3) is 5.69 Å². The molecule has 0 radical (unpaired) electrons. The number of nitrogens with zero attached hydrogens (tertiary/aromatic N) is 2. The molecule has 2 N–H and O–H groups in total. The van der Waals surface area contributed by atoms with Crippen LogP contribution in [0.5, 0.6) is 0 Å². The van der Waals surface area contributed by atoms with Gasteiger partial charge in [-0.05, 0) is 62.4 Å². The fourth-order valence-corrected chi connectivity index (χ4v) is 3.32. The topological polar surface area (TPSA) is 58.4 Å². The van der Waals surface area contributed by atoms with Crippen molar-refractivity contribution in [1.82, 2.24) is 9.99 Å². The fourth-order valence-electron chi connectivity index (χ4n) is 2.90. The minimum Gasteiger partial charge on any atom is -0.376 e. The molecule has 1 amide bonds. The largest absolute Gasteiger partial charge is 0.376 e. The third kappa shape index (κ3) is 5.32. The predicted molar refractivity (Wildman–Crippen MR) is 121 cm³/mol. The Balaban J connectivity index is 1.64. The molecule has 29 heavy (non-hydrogen) atoms. The van der Waals surface area contributed by atoms with Crippen molar-refractivity contribution in [2.24, 2.45) is 5.10 Å².